The Hall–Kier alpha value is -2.13. The molecule has 0 radical (unpaired) electrons. The molecule has 0 spiro atoms. The van der Waals surface area contributed by atoms with Gasteiger partial charge in [-0.2, -0.15) is 0 Å². The van der Waals surface area contributed by atoms with Crippen molar-refractivity contribution in [3.63, 3.8) is 0 Å². The van der Waals surface area contributed by atoms with Crippen LogP contribution >= 0.6 is 0 Å². The molecule has 0 saturated heterocycles. The molecule has 3 atom stereocenters. The maximum absolute atomic E-state index is 12.6. The number of ether oxygens (including phenoxy) is 1. The lowest BCUT2D eigenvalue weighted by Gasteiger charge is -2.30. The van der Waals surface area contributed by atoms with Gasteiger partial charge in [0.1, 0.15) is 6.10 Å². The normalized spacial score (nSPS) is 20.2. The van der Waals surface area contributed by atoms with Crippen LogP contribution in [0, 0.1) is 0 Å². The number of esters is 1. The molecule has 0 aromatic heterocycles. The fourth-order valence-electron chi connectivity index (χ4n) is 3.77. The molecule has 1 N–H and O–H groups in total. The second-order valence-corrected chi connectivity index (χ2v) is 7.23. The predicted molar refractivity (Wildman–Crippen MR) is 103 cm³/mol. The highest BCUT2D eigenvalue weighted by molar-refractivity contribution is 5.71. The van der Waals surface area contributed by atoms with Crippen molar-refractivity contribution >= 4 is 5.97 Å². The van der Waals surface area contributed by atoms with Gasteiger partial charge in [0.25, 0.3) is 0 Å². The Morgan fingerprint density at radius 1 is 1.08 bits per heavy atom. The van der Waals surface area contributed by atoms with Gasteiger partial charge >= 0.3 is 5.97 Å². The van der Waals surface area contributed by atoms with E-state index in [9.17, 15) is 9.90 Å². The van der Waals surface area contributed by atoms with Gasteiger partial charge in [-0.05, 0) is 29.0 Å². The summed E-state index contributed by atoms with van der Waals surface area (Å²) in [5.41, 5.74) is 3.51. The molecule has 3 rings (SSSR count). The third-order valence-electron chi connectivity index (χ3n) is 5.27. The summed E-state index contributed by atoms with van der Waals surface area (Å²) < 4.78 is 5.70. The first-order valence-electron chi connectivity index (χ1n) is 9.66. The van der Waals surface area contributed by atoms with E-state index in [1.807, 2.05) is 36.4 Å². The van der Waals surface area contributed by atoms with Gasteiger partial charge < -0.3 is 9.84 Å². The Morgan fingerprint density at radius 2 is 1.73 bits per heavy atom. The zero-order valence-electron chi connectivity index (χ0n) is 15.4. The molecule has 1 aliphatic rings. The molecule has 3 nitrogen and oxygen atoms in total. The number of aliphatic hydroxyl groups excluding tert-OH is 1. The summed E-state index contributed by atoms with van der Waals surface area (Å²) in [5.74, 6) is -0.0324. The van der Waals surface area contributed by atoms with E-state index in [0.717, 1.165) is 24.8 Å². The minimum Gasteiger partial charge on any atom is -0.459 e. The van der Waals surface area contributed by atoms with Gasteiger partial charge in [0.05, 0.1) is 12.5 Å². The third-order valence-corrected chi connectivity index (χ3v) is 5.27. The summed E-state index contributed by atoms with van der Waals surface area (Å²) in [7, 11) is 0. The first-order valence-corrected chi connectivity index (χ1v) is 9.66. The average Bonchev–Trinajstić information content (AvgIpc) is 2.66. The zero-order valence-corrected chi connectivity index (χ0v) is 15.4. The van der Waals surface area contributed by atoms with Crippen LogP contribution < -0.4 is 0 Å². The Kier molecular flexibility index (Phi) is 6.45. The van der Waals surface area contributed by atoms with Crippen LogP contribution in [0.15, 0.2) is 54.6 Å². The average molecular weight is 352 g/mol. The summed E-state index contributed by atoms with van der Waals surface area (Å²) >= 11 is 0. The smallest absolute Gasteiger partial charge is 0.306 e. The Morgan fingerprint density at radius 3 is 2.42 bits per heavy atom. The summed E-state index contributed by atoms with van der Waals surface area (Å²) in [4.78, 5) is 12.6. The molecule has 0 fully saturated rings. The molecular weight excluding hydrogens is 324 g/mol. The van der Waals surface area contributed by atoms with Gasteiger partial charge in [0.15, 0.2) is 0 Å². The van der Waals surface area contributed by atoms with Crippen LogP contribution in [-0.4, -0.2) is 23.3 Å². The van der Waals surface area contributed by atoms with Gasteiger partial charge in [-0.3, -0.25) is 4.79 Å². The largest absolute Gasteiger partial charge is 0.459 e. The van der Waals surface area contributed by atoms with Crippen molar-refractivity contribution in [2.24, 2.45) is 0 Å². The molecule has 0 amide bonds. The standard InChI is InChI=1S/C23H28O3/c1-2-3-9-20(17-10-5-4-6-11-17)16-23(25)26-22-15-19-13-8-7-12-18(19)14-21(22)24/h4-8,10-13,20-22,24H,2-3,9,14-16H2,1H3/t20-,21-,22-/m1/s1. The van der Waals surface area contributed by atoms with Gasteiger partial charge in [-0.25, -0.2) is 0 Å². The van der Waals surface area contributed by atoms with E-state index in [0.29, 0.717) is 19.3 Å². The van der Waals surface area contributed by atoms with Gasteiger partial charge in [0, 0.05) is 12.8 Å². The SMILES string of the molecule is CCCC[C@H](CC(=O)O[C@@H]1Cc2ccccc2C[C@H]1O)c1ccccc1. The van der Waals surface area contributed by atoms with E-state index in [1.54, 1.807) is 0 Å². The van der Waals surface area contributed by atoms with Gasteiger partial charge in [0.2, 0.25) is 0 Å². The second kappa shape index (κ2) is 9.00. The van der Waals surface area contributed by atoms with Crippen LogP contribution in [0.3, 0.4) is 0 Å². The number of carbonyl (C=O) groups is 1. The fraction of sp³-hybridized carbons (Fsp3) is 0.435. The van der Waals surface area contributed by atoms with Gasteiger partial charge in [-0.15, -0.1) is 0 Å². The molecule has 0 heterocycles. The number of hydrogen-bond donors (Lipinski definition) is 1. The number of carbonyl (C=O) groups excluding carboxylic acids is 1. The number of unbranched alkanes of at least 4 members (excludes halogenated alkanes) is 1. The molecule has 0 aliphatic heterocycles. The fourth-order valence-corrected chi connectivity index (χ4v) is 3.77. The lowest BCUT2D eigenvalue weighted by molar-refractivity contribution is -0.156. The number of fused-ring (bicyclic) bond motifs is 1. The molecule has 0 bridgehead atoms. The second-order valence-electron chi connectivity index (χ2n) is 7.23. The van der Waals surface area contributed by atoms with E-state index in [1.165, 1.54) is 11.1 Å². The molecule has 2 aromatic carbocycles. The lowest BCUT2D eigenvalue weighted by atomic mass is 9.87. The molecule has 0 unspecified atom stereocenters. The molecule has 138 valence electrons. The maximum atomic E-state index is 12.6. The first kappa shape index (κ1) is 18.7. The van der Waals surface area contributed by atoms with E-state index in [4.69, 9.17) is 4.74 Å². The van der Waals surface area contributed by atoms with Gasteiger partial charge in [-0.1, -0.05) is 74.4 Å². The van der Waals surface area contributed by atoms with Crippen molar-refractivity contribution in [1.29, 1.82) is 0 Å². The summed E-state index contributed by atoms with van der Waals surface area (Å²) in [5, 5.41) is 10.4. The monoisotopic (exact) mass is 352 g/mol. The number of benzene rings is 2. The highest BCUT2D eigenvalue weighted by Crippen LogP contribution is 2.28. The summed E-state index contributed by atoms with van der Waals surface area (Å²) in [6.07, 6.45) is 3.61. The highest BCUT2D eigenvalue weighted by Gasteiger charge is 2.30. The van der Waals surface area contributed by atoms with Crippen LogP contribution in [0.5, 0.6) is 0 Å². The number of aliphatic hydroxyl groups is 1. The molecule has 0 saturated carbocycles. The molecule has 26 heavy (non-hydrogen) atoms. The Labute approximate surface area is 156 Å². The van der Waals surface area contributed by atoms with E-state index in [-0.39, 0.29) is 11.9 Å². The molecule has 1 aliphatic carbocycles. The van der Waals surface area contributed by atoms with Crippen molar-refractivity contribution < 1.29 is 14.6 Å². The summed E-state index contributed by atoms with van der Waals surface area (Å²) in [6, 6.07) is 18.3. The number of hydrogen-bond acceptors (Lipinski definition) is 3. The zero-order chi connectivity index (χ0) is 18.4. The Bertz CT molecular complexity index is 710. The van der Waals surface area contributed by atoms with Crippen molar-refractivity contribution in [3.8, 4) is 0 Å². The molecule has 3 heteroatoms. The first-order chi connectivity index (χ1) is 12.7. The topological polar surface area (TPSA) is 46.5 Å². The minimum absolute atomic E-state index is 0.177. The quantitative estimate of drug-likeness (QED) is 0.750. The summed E-state index contributed by atoms with van der Waals surface area (Å²) in [6.45, 7) is 2.16. The van der Waals surface area contributed by atoms with Crippen LogP contribution in [-0.2, 0) is 22.4 Å². The highest BCUT2D eigenvalue weighted by atomic mass is 16.6. The van der Waals surface area contributed by atoms with Crippen LogP contribution in [0.25, 0.3) is 0 Å². The van der Waals surface area contributed by atoms with Crippen molar-refractivity contribution in [1.82, 2.24) is 0 Å². The van der Waals surface area contributed by atoms with E-state index in [2.05, 4.69) is 25.1 Å². The van der Waals surface area contributed by atoms with Crippen LogP contribution in [0.2, 0.25) is 0 Å². The van der Waals surface area contributed by atoms with E-state index >= 15 is 0 Å². The maximum Gasteiger partial charge on any atom is 0.306 e. The molecule has 2 aromatic rings. The van der Waals surface area contributed by atoms with Crippen molar-refractivity contribution in [2.45, 2.75) is 63.6 Å². The van der Waals surface area contributed by atoms with E-state index < -0.39 is 12.2 Å². The lowest BCUT2D eigenvalue weighted by Crippen LogP contribution is -2.38. The van der Waals surface area contributed by atoms with Crippen molar-refractivity contribution in [3.05, 3.63) is 71.3 Å². The molecular formula is C23H28O3. The third kappa shape index (κ3) is 4.73. The predicted octanol–water partition coefficient (Wildman–Crippen LogP) is 4.42. The number of rotatable bonds is 7. The van der Waals surface area contributed by atoms with Crippen molar-refractivity contribution in [2.75, 3.05) is 0 Å². The minimum atomic E-state index is -0.625. The Balaban J connectivity index is 1.63. The van der Waals surface area contributed by atoms with Crippen LogP contribution in [0.4, 0.5) is 0 Å². The van der Waals surface area contributed by atoms with Crippen LogP contribution in [0.1, 0.15) is 55.2 Å².